The second kappa shape index (κ2) is 12.5. The third-order valence-electron chi connectivity index (χ3n) is 5.67. The summed E-state index contributed by atoms with van der Waals surface area (Å²) in [5.74, 6) is -1.99. The molecule has 8 nitrogen and oxygen atoms in total. The van der Waals surface area contributed by atoms with Gasteiger partial charge in [0.1, 0.15) is 18.5 Å². The molecule has 0 aliphatic rings. The van der Waals surface area contributed by atoms with Crippen LogP contribution in [-0.2, 0) is 4.79 Å². The number of anilines is 1. The number of carbonyl (C=O) groups is 2. The predicted octanol–water partition coefficient (Wildman–Crippen LogP) is 5.07. The summed E-state index contributed by atoms with van der Waals surface area (Å²) in [6.45, 7) is 3.37. The molecule has 0 bridgehead atoms. The number of nitrogens with zero attached hydrogens (tertiary/aromatic N) is 1. The van der Waals surface area contributed by atoms with Crippen LogP contribution in [0.1, 0.15) is 40.9 Å². The first-order valence-corrected chi connectivity index (χ1v) is 12.4. The highest BCUT2D eigenvalue weighted by Crippen LogP contribution is 2.29. The number of ether oxygens (including phenoxy) is 2. The lowest BCUT2D eigenvalue weighted by atomic mass is 10.0. The van der Waals surface area contributed by atoms with E-state index in [1.807, 2.05) is 6.07 Å². The summed E-state index contributed by atoms with van der Waals surface area (Å²) in [6.07, 6.45) is -1.24. The van der Waals surface area contributed by atoms with Crippen molar-refractivity contribution >= 4 is 40.6 Å². The van der Waals surface area contributed by atoms with Crippen molar-refractivity contribution in [3.63, 3.8) is 0 Å². The Kier molecular flexibility index (Phi) is 9.54. The highest BCUT2D eigenvalue weighted by Gasteiger charge is 2.26. The van der Waals surface area contributed by atoms with Crippen molar-refractivity contribution in [3.05, 3.63) is 86.6 Å². The number of benzene rings is 3. The normalized spacial score (nSPS) is 11.9. The molecule has 0 unspecified atom stereocenters. The van der Waals surface area contributed by atoms with Gasteiger partial charge in [-0.1, -0.05) is 23.2 Å². The summed E-state index contributed by atoms with van der Waals surface area (Å²) in [6, 6.07) is 13.1. The van der Waals surface area contributed by atoms with Crippen molar-refractivity contribution < 1.29 is 33.7 Å². The van der Waals surface area contributed by atoms with E-state index in [0.717, 1.165) is 0 Å². The molecule has 0 saturated heterocycles. The first-order valence-electron chi connectivity index (χ1n) is 11.6. The molecule has 0 aliphatic heterocycles. The Morgan fingerprint density at radius 2 is 1.77 bits per heavy atom. The van der Waals surface area contributed by atoms with E-state index in [9.17, 15) is 29.5 Å². The Bertz CT molecular complexity index is 1450. The molecule has 0 fully saturated rings. The highest BCUT2D eigenvalue weighted by atomic mass is 35.5. The summed E-state index contributed by atoms with van der Waals surface area (Å²) in [5.41, 5.74) is -0.802. The quantitative estimate of drug-likeness (QED) is 0.288. The van der Waals surface area contributed by atoms with Gasteiger partial charge >= 0.3 is 0 Å². The van der Waals surface area contributed by atoms with Crippen LogP contribution in [0.3, 0.4) is 0 Å². The van der Waals surface area contributed by atoms with Gasteiger partial charge in [0.05, 0.1) is 22.8 Å². The Morgan fingerprint density at radius 3 is 2.44 bits per heavy atom. The number of aliphatic hydroxyl groups is 2. The lowest BCUT2D eigenvalue weighted by molar-refractivity contribution is -0.118. The van der Waals surface area contributed by atoms with Gasteiger partial charge in [-0.2, -0.15) is 5.26 Å². The molecule has 0 spiro atoms. The van der Waals surface area contributed by atoms with Gasteiger partial charge in [0.25, 0.3) is 5.91 Å². The van der Waals surface area contributed by atoms with Crippen LogP contribution in [0.4, 0.5) is 10.1 Å². The van der Waals surface area contributed by atoms with Crippen molar-refractivity contribution in [1.29, 1.82) is 5.26 Å². The number of carbonyl (C=O) groups excluding carboxylic acids is 2. The average Bonchev–Trinajstić information content (AvgIpc) is 2.88. The van der Waals surface area contributed by atoms with E-state index in [4.69, 9.17) is 32.7 Å². The zero-order valence-corrected chi connectivity index (χ0v) is 22.7. The fraction of sp³-hybridized carbons (Fsp3) is 0.250. The average molecular weight is 575 g/mol. The SMILES string of the molecule is Cc1c(NC(=O)COc2ccc(Cl)cc2C(=O)c2cc(Cl)cc(C#N)c2)ccc(OC[C@H](O)C(C)(C)O)c1F. The number of ketones is 1. The van der Waals surface area contributed by atoms with Crippen molar-refractivity contribution in [2.24, 2.45) is 0 Å². The van der Waals surface area contributed by atoms with Crippen molar-refractivity contribution in [2.75, 3.05) is 18.5 Å². The topological polar surface area (TPSA) is 129 Å². The minimum absolute atomic E-state index is 0.0541. The number of halogens is 3. The number of nitrogens with one attached hydrogen (secondary N) is 1. The smallest absolute Gasteiger partial charge is 0.262 e. The maximum absolute atomic E-state index is 14.8. The van der Waals surface area contributed by atoms with Gasteiger partial charge in [0, 0.05) is 26.9 Å². The maximum Gasteiger partial charge on any atom is 0.262 e. The van der Waals surface area contributed by atoms with Gasteiger partial charge in [-0.3, -0.25) is 9.59 Å². The fourth-order valence-electron chi connectivity index (χ4n) is 3.36. The molecule has 3 aromatic rings. The van der Waals surface area contributed by atoms with E-state index in [1.165, 1.54) is 69.3 Å². The molecule has 11 heteroatoms. The van der Waals surface area contributed by atoms with Crippen molar-refractivity contribution in [2.45, 2.75) is 32.5 Å². The van der Waals surface area contributed by atoms with Gasteiger partial charge in [-0.05, 0) is 69.3 Å². The first-order chi connectivity index (χ1) is 18.3. The molecule has 0 aromatic heterocycles. The van der Waals surface area contributed by atoms with Crippen molar-refractivity contribution in [3.8, 4) is 17.6 Å². The molecule has 1 atom stereocenters. The highest BCUT2D eigenvalue weighted by molar-refractivity contribution is 6.32. The third-order valence-corrected chi connectivity index (χ3v) is 6.12. The van der Waals surface area contributed by atoms with Gasteiger partial charge in [-0.15, -0.1) is 0 Å². The number of nitriles is 1. The second-order valence-corrected chi connectivity index (χ2v) is 10.1. The number of rotatable bonds is 10. The Labute approximate surface area is 234 Å². The summed E-state index contributed by atoms with van der Waals surface area (Å²) in [4.78, 5) is 25.7. The second-order valence-electron chi connectivity index (χ2n) is 9.18. The maximum atomic E-state index is 14.8. The number of hydrogen-bond donors (Lipinski definition) is 3. The van der Waals surface area contributed by atoms with Crippen molar-refractivity contribution in [1.82, 2.24) is 0 Å². The van der Waals surface area contributed by atoms with E-state index < -0.39 is 35.8 Å². The molecular weight excluding hydrogens is 550 g/mol. The summed E-state index contributed by atoms with van der Waals surface area (Å²) < 4.78 is 25.7. The summed E-state index contributed by atoms with van der Waals surface area (Å²) in [5, 5.41) is 31.8. The number of aliphatic hydroxyl groups excluding tert-OH is 1. The fourth-order valence-corrected chi connectivity index (χ4v) is 3.76. The van der Waals surface area contributed by atoms with Crippen LogP contribution in [0.15, 0.2) is 48.5 Å². The predicted molar refractivity (Wildman–Crippen MR) is 144 cm³/mol. The van der Waals surface area contributed by atoms with Crippen LogP contribution >= 0.6 is 23.2 Å². The lowest BCUT2D eigenvalue weighted by Crippen LogP contribution is -2.40. The molecule has 3 rings (SSSR count). The van der Waals surface area contributed by atoms with Crippen LogP contribution in [0.5, 0.6) is 11.5 Å². The van der Waals surface area contributed by atoms with Crippen LogP contribution in [0.2, 0.25) is 10.0 Å². The largest absolute Gasteiger partial charge is 0.488 e. The van der Waals surface area contributed by atoms with Gasteiger partial charge < -0.3 is 25.0 Å². The van der Waals surface area contributed by atoms with E-state index in [1.54, 1.807) is 0 Å². The standard InChI is InChI=1S/C28H25Cl2FN2O6/c1-15-21(5-7-23(26(15)31)38-13-24(34)28(2,3)37)33-25(35)14-39-22-6-4-18(29)11-20(22)27(36)17-8-16(12-32)9-19(30)10-17/h4-11,24,34,37H,13-14H2,1-3H3,(H,33,35)/t24-/m0/s1. The molecule has 1 amide bonds. The van der Waals surface area contributed by atoms with Gasteiger partial charge in [0.2, 0.25) is 0 Å². The molecular formula is C28H25Cl2FN2O6. The summed E-state index contributed by atoms with van der Waals surface area (Å²) >= 11 is 12.1. The monoisotopic (exact) mass is 574 g/mol. The number of amides is 1. The molecule has 0 radical (unpaired) electrons. The zero-order valence-electron chi connectivity index (χ0n) is 21.2. The van der Waals surface area contributed by atoms with Crippen LogP contribution in [-0.4, -0.2) is 46.8 Å². The zero-order chi connectivity index (χ0) is 28.9. The van der Waals surface area contributed by atoms with Gasteiger partial charge in [-0.25, -0.2) is 4.39 Å². The lowest BCUT2D eigenvalue weighted by Gasteiger charge is -2.24. The van der Waals surface area contributed by atoms with Crippen LogP contribution < -0.4 is 14.8 Å². The Hall–Kier alpha value is -3.68. The first kappa shape index (κ1) is 29.9. The van der Waals surface area contributed by atoms with E-state index >= 15 is 0 Å². The molecule has 0 saturated carbocycles. The molecule has 0 heterocycles. The number of hydrogen-bond acceptors (Lipinski definition) is 7. The third kappa shape index (κ3) is 7.68. The van der Waals surface area contributed by atoms with E-state index in [2.05, 4.69) is 5.32 Å². The molecule has 39 heavy (non-hydrogen) atoms. The Morgan fingerprint density at radius 1 is 1.08 bits per heavy atom. The van der Waals surface area contributed by atoms with E-state index in [0.29, 0.717) is 0 Å². The van der Waals surface area contributed by atoms with E-state index in [-0.39, 0.29) is 56.1 Å². The molecule has 3 N–H and O–H groups in total. The minimum Gasteiger partial charge on any atom is -0.488 e. The Balaban J connectivity index is 1.71. The summed E-state index contributed by atoms with van der Waals surface area (Å²) in [7, 11) is 0. The molecule has 3 aromatic carbocycles. The van der Waals surface area contributed by atoms with Gasteiger partial charge in [0.15, 0.2) is 24.0 Å². The molecule has 0 aliphatic carbocycles. The molecule has 204 valence electrons. The van der Waals surface area contributed by atoms with Crippen LogP contribution in [0, 0.1) is 24.1 Å². The van der Waals surface area contributed by atoms with Crippen LogP contribution in [0.25, 0.3) is 0 Å². The minimum atomic E-state index is -1.43.